The van der Waals surface area contributed by atoms with Gasteiger partial charge in [0.05, 0.1) is 11.0 Å². The molecule has 2 fully saturated rings. The highest BCUT2D eigenvalue weighted by Gasteiger charge is 2.36. The zero-order valence-electron chi connectivity index (χ0n) is 14.9. The molecule has 3 amide bonds. The van der Waals surface area contributed by atoms with Gasteiger partial charge < -0.3 is 25.1 Å². The Balaban J connectivity index is 1.42. The standard InChI is InChI=1S/C18H23N5O3/c1-10-7-11(19-17(25)13-3-4-16(24)21-13)9-23(10)18(26)14-8-15-12(20-14)5-6-22(15)2/h5-6,8,10-11,13,20H,3-4,7,9H2,1-2H3,(H,19,25)(H,21,24)/t10?,11?,13-/m1/s1. The normalized spacial score (nSPS) is 25.7. The number of likely N-dealkylation sites (tertiary alicyclic amines) is 1. The molecule has 2 saturated heterocycles. The average molecular weight is 357 g/mol. The van der Waals surface area contributed by atoms with Crippen LogP contribution in [0.1, 0.15) is 36.7 Å². The third kappa shape index (κ3) is 2.85. The molecule has 0 aromatic carbocycles. The molecule has 2 aromatic rings. The molecule has 0 saturated carbocycles. The Bertz CT molecular complexity index is 883. The summed E-state index contributed by atoms with van der Waals surface area (Å²) >= 11 is 0. The fraction of sp³-hybridized carbons (Fsp3) is 0.500. The first kappa shape index (κ1) is 16.7. The van der Waals surface area contributed by atoms with Crippen LogP contribution in [0.15, 0.2) is 18.3 Å². The Labute approximate surface area is 150 Å². The number of carbonyl (C=O) groups is 3. The van der Waals surface area contributed by atoms with Crippen molar-refractivity contribution < 1.29 is 14.4 Å². The summed E-state index contributed by atoms with van der Waals surface area (Å²) in [5.74, 6) is -0.298. The van der Waals surface area contributed by atoms with Gasteiger partial charge in [0.1, 0.15) is 11.7 Å². The van der Waals surface area contributed by atoms with Crippen molar-refractivity contribution in [3.8, 4) is 0 Å². The van der Waals surface area contributed by atoms with Crippen molar-refractivity contribution in [1.82, 2.24) is 25.1 Å². The van der Waals surface area contributed by atoms with E-state index in [0.29, 0.717) is 31.5 Å². The molecule has 2 unspecified atom stereocenters. The molecule has 2 aromatic heterocycles. The third-order valence-corrected chi connectivity index (χ3v) is 5.40. The van der Waals surface area contributed by atoms with Crippen LogP contribution in [-0.2, 0) is 16.6 Å². The summed E-state index contributed by atoms with van der Waals surface area (Å²) < 4.78 is 1.97. The van der Waals surface area contributed by atoms with E-state index in [1.165, 1.54) is 0 Å². The van der Waals surface area contributed by atoms with Gasteiger partial charge in [0.2, 0.25) is 11.8 Å². The molecule has 0 spiro atoms. The smallest absolute Gasteiger partial charge is 0.270 e. The number of fused-ring (bicyclic) bond motifs is 1. The van der Waals surface area contributed by atoms with Gasteiger partial charge in [0.15, 0.2) is 0 Å². The Morgan fingerprint density at radius 3 is 2.85 bits per heavy atom. The molecule has 3 atom stereocenters. The van der Waals surface area contributed by atoms with Crippen LogP contribution in [-0.4, -0.2) is 56.8 Å². The lowest BCUT2D eigenvalue weighted by Crippen LogP contribution is -2.47. The Morgan fingerprint density at radius 1 is 1.35 bits per heavy atom. The third-order valence-electron chi connectivity index (χ3n) is 5.40. The van der Waals surface area contributed by atoms with Gasteiger partial charge in [0, 0.05) is 38.3 Å². The van der Waals surface area contributed by atoms with E-state index in [1.807, 2.05) is 36.9 Å². The van der Waals surface area contributed by atoms with Gasteiger partial charge in [-0.1, -0.05) is 0 Å². The van der Waals surface area contributed by atoms with Crippen LogP contribution in [0, 0.1) is 0 Å². The van der Waals surface area contributed by atoms with E-state index in [4.69, 9.17) is 0 Å². The van der Waals surface area contributed by atoms with Crippen LogP contribution in [0.3, 0.4) is 0 Å². The molecule has 0 radical (unpaired) electrons. The van der Waals surface area contributed by atoms with E-state index >= 15 is 0 Å². The predicted octanol–water partition coefficient (Wildman–Crippen LogP) is 0.504. The first-order valence-electron chi connectivity index (χ1n) is 8.97. The van der Waals surface area contributed by atoms with Crippen molar-refractivity contribution in [3.05, 3.63) is 24.0 Å². The van der Waals surface area contributed by atoms with Gasteiger partial charge in [-0.2, -0.15) is 0 Å². The highest BCUT2D eigenvalue weighted by Crippen LogP contribution is 2.23. The lowest BCUT2D eigenvalue weighted by molar-refractivity contribution is -0.126. The maximum atomic E-state index is 12.9. The molecule has 4 rings (SSSR count). The summed E-state index contributed by atoms with van der Waals surface area (Å²) in [6.45, 7) is 2.46. The minimum atomic E-state index is -0.448. The highest BCUT2D eigenvalue weighted by atomic mass is 16.2. The summed E-state index contributed by atoms with van der Waals surface area (Å²) in [4.78, 5) is 41.4. The predicted molar refractivity (Wildman–Crippen MR) is 95.5 cm³/mol. The van der Waals surface area contributed by atoms with Crippen molar-refractivity contribution in [3.63, 3.8) is 0 Å². The van der Waals surface area contributed by atoms with Gasteiger partial charge in [-0.25, -0.2) is 0 Å². The fourth-order valence-corrected chi connectivity index (χ4v) is 3.95. The van der Waals surface area contributed by atoms with Crippen LogP contribution in [0.4, 0.5) is 0 Å². The Hall–Kier alpha value is -2.77. The van der Waals surface area contributed by atoms with Crippen LogP contribution in [0.5, 0.6) is 0 Å². The van der Waals surface area contributed by atoms with E-state index in [9.17, 15) is 14.4 Å². The number of nitrogens with one attached hydrogen (secondary N) is 3. The van der Waals surface area contributed by atoms with Crippen molar-refractivity contribution in [2.45, 2.75) is 44.3 Å². The zero-order valence-corrected chi connectivity index (χ0v) is 14.9. The molecular formula is C18H23N5O3. The minimum absolute atomic E-state index is 0.0392. The SMILES string of the molecule is CC1CC(NC(=O)[C@H]2CCC(=O)N2)CN1C(=O)c1cc2c(ccn2C)[nH]1. The fourth-order valence-electron chi connectivity index (χ4n) is 3.95. The summed E-state index contributed by atoms with van der Waals surface area (Å²) in [5.41, 5.74) is 2.49. The van der Waals surface area contributed by atoms with E-state index in [2.05, 4.69) is 15.6 Å². The van der Waals surface area contributed by atoms with Gasteiger partial charge in [-0.15, -0.1) is 0 Å². The van der Waals surface area contributed by atoms with Crippen LogP contribution < -0.4 is 10.6 Å². The Kier molecular flexibility index (Phi) is 3.97. The number of nitrogens with zero attached hydrogens (tertiary/aromatic N) is 2. The summed E-state index contributed by atoms with van der Waals surface area (Å²) in [7, 11) is 1.94. The van der Waals surface area contributed by atoms with Crippen molar-refractivity contribution in [2.24, 2.45) is 7.05 Å². The quantitative estimate of drug-likeness (QED) is 0.746. The molecular weight excluding hydrogens is 334 g/mol. The van der Waals surface area contributed by atoms with E-state index in [-0.39, 0.29) is 29.8 Å². The molecule has 0 bridgehead atoms. The molecule has 8 nitrogen and oxygen atoms in total. The first-order valence-corrected chi connectivity index (χ1v) is 8.97. The van der Waals surface area contributed by atoms with Gasteiger partial charge in [0.25, 0.3) is 5.91 Å². The van der Waals surface area contributed by atoms with E-state index < -0.39 is 6.04 Å². The number of amides is 3. The monoisotopic (exact) mass is 357 g/mol. The molecule has 4 heterocycles. The lowest BCUT2D eigenvalue weighted by Gasteiger charge is -2.21. The number of aromatic amines is 1. The van der Waals surface area contributed by atoms with Crippen molar-refractivity contribution in [2.75, 3.05) is 6.54 Å². The molecule has 2 aliphatic heterocycles. The van der Waals surface area contributed by atoms with Crippen molar-refractivity contribution in [1.29, 1.82) is 0 Å². The second-order valence-electron chi connectivity index (χ2n) is 7.32. The largest absolute Gasteiger partial charge is 0.350 e. The van der Waals surface area contributed by atoms with Crippen LogP contribution >= 0.6 is 0 Å². The molecule has 8 heteroatoms. The summed E-state index contributed by atoms with van der Waals surface area (Å²) in [6, 6.07) is 3.31. The number of hydrogen-bond acceptors (Lipinski definition) is 3. The number of carbonyl (C=O) groups excluding carboxylic acids is 3. The first-order chi connectivity index (χ1) is 12.4. The van der Waals surface area contributed by atoms with Gasteiger partial charge >= 0.3 is 0 Å². The number of hydrogen-bond donors (Lipinski definition) is 3. The Morgan fingerprint density at radius 2 is 2.15 bits per heavy atom. The molecule has 2 aliphatic rings. The number of H-pyrrole nitrogens is 1. The maximum absolute atomic E-state index is 12.9. The van der Waals surface area contributed by atoms with E-state index in [1.54, 1.807) is 4.90 Å². The van der Waals surface area contributed by atoms with Crippen LogP contribution in [0.25, 0.3) is 11.0 Å². The maximum Gasteiger partial charge on any atom is 0.270 e. The number of aromatic nitrogens is 2. The summed E-state index contributed by atoms with van der Waals surface area (Å²) in [5, 5.41) is 5.65. The minimum Gasteiger partial charge on any atom is -0.350 e. The second-order valence-corrected chi connectivity index (χ2v) is 7.32. The molecule has 0 aliphatic carbocycles. The molecule has 26 heavy (non-hydrogen) atoms. The summed E-state index contributed by atoms with van der Waals surface area (Å²) in [6.07, 6.45) is 3.58. The molecule has 3 N–H and O–H groups in total. The van der Waals surface area contributed by atoms with Crippen molar-refractivity contribution >= 4 is 28.8 Å². The second kappa shape index (κ2) is 6.19. The number of aryl methyl sites for hydroxylation is 1. The van der Waals surface area contributed by atoms with E-state index in [0.717, 1.165) is 11.0 Å². The van der Waals surface area contributed by atoms with Gasteiger partial charge in [-0.05, 0) is 31.9 Å². The topological polar surface area (TPSA) is 99.2 Å². The highest BCUT2D eigenvalue weighted by molar-refractivity contribution is 5.98. The van der Waals surface area contributed by atoms with Gasteiger partial charge in [-0.3, -0.25) is 14.4 Å². The number of rotatable bonds is 3. The molecule has 138 valence electrons. The van der Waals surface area contributed by atoms with Crippen LogP contribution in [0.2, 0.25) is 0 Å². The zero-order chi connectivity index (χ0) is 18.4. The lowest BCUT2D eigenvalue weighted by atomic mass is 10.1. The average Bonchev–Trinajstić information content (AvgIpc) is 3.34.